The van der Waals surface area contributed by atoms with E-state index in [-0.39, 0.29) is 11.8 Å². The zero-order chi connectivity index (χ0) is 18.5. The third-order valence-corrected chi connectivity index (χ3v) is 4.84. The summed E-state index contributed by atoms with van der Waals surface area (Å²) in [4.78, 5) is 26.0. The van der Waals surface area contributed by atoms with Gasteiger partial charge in [0.15, 0.2) is 0 Å². The quantitative estimate of drug-likeness (QED) is 0.859. The molecule has 0 aliphatic carbocycles. The van der Waals surface area contributed by atoms with Gasteiger partial charge in [-0.15, -0.1) is 0 Å². The van der Waals surface area contributed by atoms with Crippen LogP contribution in [0.4, 0.5) is 5.69 Å². The van der Waals surface area contributed by atoms with Crippen LogP contribution >= 0.6 is 0 Å². The van der Waals surface area contributed by atoms with Crippen LogP contribution in [-0.4, -0.2) is 24.9 Å². The summed E-state index contributed by atoms with van der Waals surface area (Å²) in [5.41, 5.74) is 3.94. The number of nitrogens with one attached hydrogen (secondary N) is 1. The summed E-state index contributed by atoms with van der Waals surface area (Å²) < 4.78 is 0. The maximum Gasteiger partial charge on any atom is 0.251 e. The minimum absolute atomic E-state index is 0.0997. The Morgan fingerprint density at radius 2 is 1.92 bits per heavy atom. The topological polar surface area (TPSA) is 49.4 Å². The van der Waals surface area contributed by atoms with Gasteiger partial charge in [-0.3, -0.25) is 9.59 Å². The van der Waals surface area contributed by atoms with Crippen molar-refractivity contribution in [2.24, 2.45) is 0 Å². The molecule has 0 unspecified atom stereocenters. The molecule has 0 radical (unpaired) electrons. The van der Waals surface area contributed by atoms with E-state index in [1.165, 1.54) is 11.1 Å². The minimum Gasteiger partial charge on any atom is -0.352 e. The molecule has 0 aromatic heterocycles. The van der Waals surface area contributed by atoms with Gasteiger partial charge < -0.3 is 10.2 Å². The molecule has 2 aromatic rings. The lowest BCUT2D eigenvalue weighted by molar-refractivity contribution is -0.117. The second-order valence-corrected chi connectivity index (χ2v) is 7.10. The van der Waals surface area contributed by atoms with Gasteiger partial charge in [0.2, 0.25) is 5.91 Å². The molecule has 0 atom stereocenters. The molecule has 1 heterocycles. The zero-order valence-corrected chi connectivity index (χ0v) is 15.5. The molecule has 0 spiro atoms. The van der Waals surface area contributed by atoms with Gasteiger partial charge in [0, 0.05) is 30.8 Å². The van der Waals surface area contributed by atoms with Crippen LogP contribution in [0.3, 0.4) is 0 Å². The summed E-state index contributed by atoms with van der Waals surface area (Å²) in [6.45, 7) is 5.68. The lowest BCUT2D eigenvalue weighted by Crippen LogP contribution is -2.27. The largest absolute Gasteiger partial charge is 0.352 e. The van der Waals surface area contributed by atoms with Crippen LogP contribution in [-0.2, 0) is 11.2 Å². The van der Waals surface area contributed by atoms with E-state index < -0.39 is 0 Å². The number of nitrogens with zero attached hydrogens (tertiary/aromatic N) is 1. The summed E-state index contributed by atoms with van der Waals surface area (Å²) in [6, 6.07) is 15.9. The summed E-state index contributed by atoms with van der Waals surface area (Å²) in [5, 5.41) is 2.97. The van der Waals surface area contributed by atoms with Crippen LogP contribution in [0.2, 0.25) is 0 Å². The fourth-order valence-corrected chi connectivity index (χ4v) is 3.23. The monoisotopic (exact) mass is 350 g/mol. The SMILES string of the molecule is CC(C)c1ccc(CCNC(=O)c2cccc(N3CCCC3=O)c2)cc1. The van der Waals surface area contributed by atoms with Crippen molar-refractivity contribution in [3.63, 3.8) is 0 Å². The number of hydrogen-bond acceptors (Lipinski definition) is 2. The van der Waals surface area contributed by atoms with Gasteiger partial charge in [0.25, 0.3) is 5.91 Å². The van der Waals surface area contributed by atoms with Gasteiger partial charge in [0.05, 0.1) is 0 Å². The highest BCUT2D eigenvalue weighted by molar-refractivity contribution is 5.99. The minimum atomic E-state index is -0.0997. The van der Waals surface area contributed by atoms with Gasteiger partial charge in [-0.25, -0.2) is 0 Å². The van der Waals surface area contributed by atoms with Crippen molar-refractivity contribution in [1.82, 2.24) is 5.32 Å². The van der Waals surface area contributed by atoms with Crippen LogP contribution in [0.1, 0.15) is 54.1 Å². The van der Waals surface area contributed by atoms with Gasteiger partial charge in [-0.2, -0.15) is 0 Å². The maximum absolute atomic E-state index is 12.4. The van der Waals surface area contributed by atoms with Crippen LogP contribution in [0, 0.1) is 0 Å². The fourth-order valence-electron chi connectivity index (χ4n) is 3.23. The first-order chi connectivity index (χ1) is 12.5. The number of amides is 2. The predicted octanol–water partition coefficient (Wildman–Crippen LogP) is 3.91. The highest BCUT2D eigenvalue weighted by Gasteiger charge is 2.22. The number of anilines is 1. The second kappa shape index (κ2) is 8.17. The Kier molecular flexibility index (Phi) is 5.71. The smallest absolute Gasteiger partial charge is 0.251 e. The van der Waals surface area contributed by atoms with Gasteiger partial charge >= 0.3 is 0 Å². The highest BCUT2D eigenvalue weighted by atomic mass is 16.2. The molecule has 26 heavy (non-hydrogen) atoms. The van der Waals surface area contributed by atoms with E-state index >= 15 is 0 Å². The number of carbonyl (C=O) groups excluding carboxylic acids is 2. The molecular formula is C22H26N2O2. The lowest BCUT2D eigenvalue weighted by Gasteiger charge is -2.16. The highest BCUT2D eigenvalue weighted by Crippen LogP contribution is 2.22. The molecule has 0 bridgehead atoms. The Labute approximate surface area is 155 Å². The van der Waals surface area contributed by atoms with Crippen molar-refractivity contribution in [3.05, 3.63) is 65.2 Å². The van der Waals surface area contributed by atoms with Gasteiger partial charge in [-0.1, -0.05) is 44.2 Å². The van der Waals surface area contributed by atoms with Crippen molar-refractivity contribution < 1.29 is 9.59 Å². The van der Waals surface area contributed by atoms with Crippen molar-refractivity contribution >= 4 is 17.5 Å². The Hall–Kier alpha value is -2.62. The number of hydrogen-bond donors (Lipinski definition) is 1. The summed E-state index contributed by atoms with van der Waals surface area (Å²) in [6.07, 6.45) is 2.27. The first-order valence-corrected chi connectivity index (χ1v) is 9.32. The third-order valence-electron chi connectivity index (χ3n) is 4.84. The lowest BCUT2D eigenvalue weighted by atomic mass is 10.0. The van der Waals surface area contributed by atoms with Crippen LogP contribution in [0.5, 0.6) is 0 Å². The molecule has 1 aliphatic heterocycles. The van der Waals surface area contributed by atoms with Crippen molar-refractivity contribution in [3.8, 4) is 0 Å². The Morgan fingerprint density at radius 1 is 1.15 bits per heavy atom. The van der Waals surface area contributed by atoms with E-state index in [0.29, 0.717) is 24.4 Å². The fraction of sp³-hybridized carbons (Fsp3) is 0.364. The zero-order valence-electron chi connectivity index (χ0n) is 15.5. The Morgan fingerprint density at radius 3 is 2.58 bits per heavy atom. The standard InChI is InChI=1S/C22H26N2O2/c1-16(2)18-10-8-17(9-11-18)12-13-23-22(26)19-5-3-6-20(15-19)24-14-4-7-21(24)25/h3,5-6,8-11,15-16H,4,7,12-14H2,1-2H3,(H,23,26). The summed E-state index contributed by atoms with van der Waals surface area (Å²) >= 11 is 0. The number of carbonyl (C=O) groups is 2. The van der Waals surface area contributed by atoms with Gasteiger partial charge in [0.1, 0.15) is 0 Å². The van der Waals surface area contributed by atoms with Crippen molar-refractivity contribution in [2.45, 2.75) is 39.0 Å². The first kappa shape index (κ1) is 18.2. The predicted molar refractivity (Wildman–Crippen MR) is 105 cm³/mol. The molecule has 2 aromatic carbocycles. The number of rotatable bonds is 6. The molecule has 136 valence electrons. The normalized spacial score (nSPS) is 14.1. The van der Waals surface area contributed by atoms with E-state index in [2.05, 4.69) is 43.4 Å². The average molecular weight is 350 g/mol. The van der Waals surface area contributed by atoms with Crippen LogP contribution in [0.25, 0.3) is 0 Å². The second-order valence-electron chi connectivity index (χ2n) is 7.10. The van der Waals surface area contributed by atoms with E-state index in [4.69, 9.17) is 0 Å². The van der Waals surface area contributed by atoms with Crippen LogP contribution < -0.4 is 10.2 Å². The van der Waals surface area contributed by atoms with E-state index in [1.807, 2.05) is 12.1 Å². The third kappa shape index (κ3) is 4.31. The molecule has 0 saturated carbocycles. The van der Waals surface area contributed by atoms with E-state index in [0.717, 1.165) is 25.1 Å². The molecule has 1 N–H and O–H groups in total. The summed E-state index contributed by atoms with van der Waals surface area (Å²) in [7, 11) is 0. The molecule has 1 aliphatic rings. The Balaban J connectivity index is 1.56. The van der Waals surface area contributed by atoms with Crippen LogP contribution in [0.15, 0.2) is 48.5 Å². The molecule has 3 rings (SSSR count). The maximum atomic E-state index is 12.4. The van der Waals surface area contributed by atoms with E-state index in [9.17, 15) is 9.59 Å². The molecule has 4 nitrogen and oxygen atoms in total. The van der Waals surface area contributed by atoms with Gasteiger partial charge in [-0.05, 0) is 48.1 Å². The first-order valence-electron chi connectivity index (χ1n) is 9.32. The van der Waals surface area contributed by atoms with E-state index in [1.54, 1.807) is 17.0 Å². The molecule has 4 heteroatoms. The molecule has 2 amide bonds. The van der Waals surface area contributed by atoms with Crippen molar-refractivity contribution in [2.75, 3.05) is 18.0 Å². The average Bonchev–Trinajstić information content (AvgIpc) is 3.08. The van der Waals surface area contributed by atoms with Crippen molar-refractivity contribution in [1.29, 1.82) is 0 Å². The summed E-state index contributed by atoms with van der Waals surface area (Å²) in [5.74, 6) is 0.559. The molecular weight excluding hydrogens is 324 g/mol. The number of benzene rings is 2. The molecule has 1 fully saturated rings. The Bertz CT molecular complexity index is 781. The molecule has 1 saturated heterocycles.